The standard InChI is InChI=1S/C21H21N3O2/c1-4-24-15(3)19(13-22-24)23-21(26)18-8-6-5-7-17(18)20(25)16-11-9-14(2)10-12-16/h5-13H,4H2,1-3H3,(H,23,26). The maximum absolute atomic E-state index is 12.9. The molecule has 0 saturated carbocycles. The number of ketones is 1. The molecule has 0 aliphatic rings. The molecule has 0 bridgehead atoms. The predicted molar refractivity (Wildman–Crippen MR) is 102 cm³/mol. The average Bonchev–Trinajstić information content (AvgIpc) is 3.01. The summed E-state index contributed by atoms with van der Waals surface area (Å²) in [5, 5.41) is 7.09. The quantitative estimate of drug-likeness (QED) is 0.710. The third-order valence-electron chi connectivity index (χ3n) is 4.38. The minimum absolute atomic E-state index is 0.170. The van der Waals surface area contributed by atoms with Gasteiger partial charge in [-0.15, -0.1) is 0 Å². The van der Waals surface area contributed by atoms with E-state index in [4.69, 9.17) is 0 Å². The SMILES string of the molecule is CCn1ncc(NC(=O)c2ccccc2C(=O)c2ccc(C)cc2)c1C. The van der Waals surface area contributed by atoms with Gasteiger partial charge in [-0.3, -0.25) is 14.3 Å². The van der Waals surface area contributed by atoms with Crippen LogP contribution in [-0.2, 0) is 6.54 Å². The Morgan fingerprint density at radius 1 is 1.00 bits per heavy atom. The van der Waals surface area contributed by atoms with E-state index in [1.807, 2.05) is 32.9 Å². The lowest BCUT2D eigenvalue weighted by molar-refractivity contribution is 0.0996. The van der Waals surface area contributed by atoms with Crippen molar-refractivity contribution in [2.75, 3.05) is 5.32 Å². The Hall–Kier alpha value is -3.21. The van der Waals surface area contributed by atoms with Crippen molar-refractivity contribution in [3.63, 3.8) is 0 Å². The van der Waals surface area contributed by atoms with Crippen LogP contribution in [0.15, 0.2) is 54.7 Å². The molecule has 26 heavy (non-hydrogen) atoms. The van der Waals surface area contributed by atoms with E-state index in [0.717, 1.165) is 17.8 Å². The van der Waals surface area contributed by atoms with E-state index < -0.39 is 0 Å². The van der Waals surface area contributed by atoms with Crippen LogP contribution in [0.2, 0.25) is 0 Å². The van der Waals surface area contributed by atoms with Crippen LogP contribution in [0.25, 0.3) is 0 Å². The van der Waals surface area contributed by atoms with Gasteiger partial charge in [-0.25, -0.2) is 0 Å². The fourth-order valence-corrected chi connectivity index (χ4v) is 2.82. The Morgan fingerprint density at radius 3 is 2.27 bits per heavy atom. The van der Waals surface area contributed by atoms with E-state index in [1.165, 1.54) is 0 Å². The smallest absolute Gasteiger partial charge is 0.256 e. The Bertz CT molecular complexity index is 956. The topological polar surface area (TPSA) is 64.0 Å². The number of amides is 1. The first-order chi connectivity index (χ1) is 12.5. The van der Waals surface area contributed by atoms with Crippen LogP contribution in [0, 0.1) is 13.8 Å². The van der Waals surface area contributed by atoms with Gasteiger partial charge in [-0.05, 0) is 26.8 Å². The number of aromatic nitrogens is 2. The molecule has 3 aromatic rings. The molecule has 1 heterocycles. The molecule has 132 valence electrons. The number of nitrogens with zero attached hydrogens (tertiary/aromatic N) is 2. The fourth-order valence-electron chi connectivity index (χ4n) is 2.82. The van der Waals surface area contributed by atoms with Crippen molar-refractivity contribution in [3.05, 3.63) is 82.7 Å². The number of carbonyl (C=O) groups is 2. The average molecular weight is 347 g/mol. The Kier molecular flexibility index (Phi) is 4.98. The van der Waals surface area contributed by atoms with E-state index >= 15 is 0 Å². The Morgan fingerprint density at radius 2 is 1.65 bits per heavy atom. The van der Waals surface area contributed by atoms with Gasteiger partial charge in [0.05, 0.1) is 23.1 Å². The second kappa shape index (κ2) is 7.35. The number of anilines is 1. The summed E-state index contributed by atoms with van der Waals surface area (Å²) in [5.74, 6) is -0.489. The lowest BCUT2D eigenvalue weighted by Crippen LogP contribution is -2.17. The van der Waals surface area contributed by atoms with Gasteiger partial charge < -0.3 is 5.32 Å². The zero-order chi connectivity index (χ0) is 18.7. The minimum Gasteiger partial charge on any atom is -0.319 e. The molecule has 0 fully saturated rings. The van der Waals surface area contributed by atoms with Crippen molar-refractivity contribution in [2.24, 2.45) is 0 Å². The highest BCUT2D eigenvalue weighted by Gasteiger charge is 2.19. The van der Waals surface area contributed by atoms with Crippen LogP contribution in [0.1, 0.15) is 44.5 Å². The lowest BCUT2D eigenvalue weighted by atomic mass is 9.97. The predicted octanol–water partition coefficient (Wildman–Crippen LogP) is 4.00. The summed E-state index contributed by atoms with van der Waals surface area (Å²) in [6.45, 7) is 6.58. The molecule has 5 heteroatoms. The monoisotopic (exact) mass is 347 g/mol. The van der Waals surface area contributed by atoms with Crippen LogP contribution in [0.4, 0.5) is 5.69 Å². The third kappa shape index (κ3) is 3.42. The lowest BCUT2D eigenvalue weighted by Gasteiger charge is -2.10. The molecule has 0 unspecified atom stereocenters. The number of carbonyl (C=O) groups excluding carboxylic acids is 2. The molecule has 0 saturated heterocycles. The Balaban J connectivity index is 1.91. The van der Waals surface area contributed by atoms with Gasteiger partial charge in [0.25, 0.3) is 5.91 Å². The highest BCUT2D eigenvalue weighted by molar-refractivity contribution is 6.17. The largest absolute Gasteiger partial charge is 0.319 e. The molecule has 1 N–H and O–H groups in total. The molecule has 0 aliphatic heterocycles. The van der Waals surface area contributed by atoms with Gasteiger partial charge in [0.1, 0.15) is 0 Å². The van der Waals surface area contributed by atoms with Crippen LogP contribution >= 0.6 is 0 Å². The first kappa shape index (κ1) is 17.6. The second-order valence-electron chi connectivity index (χ2n) is 6.15. The molecule has 1 aromatic heterocycles. The van der Waals surface area contributed by atoms with E-state index in [0.29, 0.717) is 22.4 Å². The molecule has 0 aliphatic carbocycles. The van der Waals surface area contributed by atoms with E-state index in [2.05, 4.69) is 10.4 Å². The Labute approximate surface area is 152 Å². The number of hydrogen-bond acceptors (Lipinski definition) is 3. The van der Waals surface area contributed by atoms with Gasteiger partial charge in [0.15, 0.2) is 5.78 Å². The number of nitrogens with one attached hydrogen (secondary N) is 1. The summed E-state index contributed by atoms with van der Waals surface area (Å²) in [4.78, 5) is 25.6. The summed E-state index contributed by atoms with van der Waals surface area (Å²) in [6.07, 6.45) is 1.63. The first-order valence-corrected chi connectivity index (χ1v) is 8.55. The third-order valence-corrected chi connectivity index (χ3v) is 4.38. The maximum atomic E-state index is 12.9. The normalized spacial score (nSPS) is 10.6. The number of hydrogen-bond donors (Lipinski definition) is 1. The van der Waals surface area contributed by atoms with Crippen LogP contribution in [0.5, 0.6) is 0 Å². The first-order valence-electron chi connectivity index (χ1n) is 8.55. The highest BCUT2D eigenvalue weighted by Crippen LogP contribution is 2.19. The molecule has 3 rings (SSSR count). The van der Waals surface area contributed by atoms with Crippen LogP contribution in [0.3, 0.4) is 0 Å². The van der Waals surface area contributed by atoms with Crippen molar-refractivity contribution < 1.29 is 9.59 Å². The van der Waals surface area contributed by atoms with Crippen LogP contribution < -0.4 is 5.32 Å². The highest BCUT2D eigenvalue weighted by atomic mass is 16.2. The number of aryl methyl sites for hydroxylation is 2. The molecule has 5 nitrogen and oxygen atoms in total. The minimum atomic E-state index is -0.320. The second-order valence-corrected chi connectivity index (χ2v) is 6.15. The maximum Gasteiger partial charge on any atom is 0.256 e. The van der Waals surface area contributed by atoms with Crippen molar-refractivity contribution in [3.8, 4) is 0 Å². The van der Waals surface area contributed by atoms with Crippen molar-refractivity contribution in [1.29, 1.82) is 0 Å². The van der Waals surface area contributed by atoms with Gasteiger partial charge in [0.2, 0.25) is 0 Å². The van der Waals surface area contributed by atoms with Gasteiger partial charge in [-0.1, -0.05) is 48.0 Å². The molecule has 1 amide bonds. The van der Waals surface area contributed by atoms with Crippen molar-refractivity contribution in [1.82, 2.24) is 9.78 Å². The van der Waals surface area contributed by atoms with Crippen LogP contribution in [-0.4, -0.2) is 21.5 Å². The van der Waals surface area contributed by atoms with Crippen molar-refractivity contribution >= 4 is 17.4 Å². The van der Waals surface area contributed by atoms with Gasteiger partial charge >= 0.3 is 0 Å². The summed E-state index contributed by atoms with van der Waals surface area (Å²) in [7, 11) is 0. The summed E-state index contributed by atoms with van der Waals surface area (Å²) in [6, 6.07) is 14.2. The zero-order valence-corrected chi connectivity index (χ0v) is 15.1. The molecule has 2 aromatic carbocycles. The molecule has 0 atom stereocenters. The molecule has 0 spiro atoms. The van der Waals surface area contributed by atoms with Crippen molar-refractivity contribution in [2.45, 2.75) is 27.3 Å². The zero-order valence-electron chi connectivity index (χ0n) is 15.1. The van der Waals surface area contributed by atoms with E-state index in [9.17, 15) is 9.59 Å². The van der Waals surface area contributed by atoms with Gasteiger partial charge in [-0.2, -0.15) is 5.10 Å². The fraction of sp³-hybridized carbons (Fsp3) is 0.190. The molecule has 0 radical (unpaired) electrons. The summed E-state index contributed by atoms with van der Waals surface area (Å²) < 4.78 is 1.80. The van der Waals surface area contributed by atoms with E-state index in [1.54, 1.807) is 47.3 Å². The summed E-state index contributed by atoms with van der Waals surface area (Å²) in [5.41, 5.74) is 3.90. The number of benzene rings is 2. The van der Waals surface area contributed by atoms with Gasteiger partial charge in [0, 0.05) is 17.7 Å². The summed E-state index contributed by atoms with van der Waals surface area (Å²) >= 11 is 0. The number of rotatable bonds is 5. The van der Waals surface area contributed by atoms with E-state index in [-0.39, 0.29) is 11.7 Å². The molecular weight excluding hydrogens is 326 g/mol. The molecular formula is C21H21N3O2.